The number of nitrogens with one attached hydrogen (secondary N) is 1. The van der Waals surface area contributed by atoms with Gasteiger partial charge in [-0.05, 0) is 67.0 Å². The van der Waals surface area contributed by atoms with Crippen molar-refractivity contribution in [2.24, 2.45) is 0 Å². The van der Waals surface area contributed by atoms with Crippen LogP contribution in [0.3, 0.4) is 0 Å². The first-order valence-electron chi connectivity index (χ1n) is 8.81. The van der Waals surface area contributed by atoms with Crippen molar-refractivity contribution in [2.75, 3.05) is 5.32 Å². The van der Waals surface area contributed by atoms with Crippen LogP contribution in [0.4, 0.5) is 5.69 Å². The van der Waals surface area contributed by atoms with Crippen LogP contribution in [0.25, 0.3) is 10.9 Å². The number of fused-ring (bicyclic) bond motifs is 1. The Bertz CT molecular complexity index is 911. The maximum atomic E-state index is 12.6. The van der Waals surface area contributed by atoms with Gasteiger partial charge in [0.25, 0.3) is 0 Å². The molecular weight excluding hydrogens is 308 g/mol. The van der Waals surface area contributed by atoms with Gasteiger partial charge in [0.15, 0.2) is 0 Å². The molecule has 3 rings (SSSR count). The van der Waals surface area contributed by atoms with E-state index in [-0.39, 0.29) is 5.91 Å². The molecule has 3 heteroatoms. The SMILES string of the molecule is Cc1cc(C)c(NC(=O)Cn2ccc3cc(C(C)C)ccc32)c(C)c1. The normalized spacial score (nSPS) is 11.3. The standard InChI is InChI=1S/C22H26N2O/c1-14(2)18-6-7-20-19(12-18)8-9-24(20)13-21(25)23-22-16(4)10-15(3)11-17(22)5/h6-12,14H,13H2,1-5H3,(H,23,25). The van der Waals surface area contributed by atoms with Gasteiger partial charge in [-0.15, -0.1) is 0 Å². The molecule has 0 aliphatic carbocycles. The molecule has 2 aromatic carbocycles. The Balaban J connectivity index is 1.81. The fourth-order valence-corrected chi connectivity index (χ4v) is 3.43. The van der Waals surface area contributed by atoms with Crippen LogP contribution in [-0.2, 0) is 11.3 Å². The van der Waals surface area contributed by atoms with Crippen molar-refractivity contribution in [3.8, 4) is 0 Å². The van der Waals surface area contributed by atoms with Gasteiger partial charge in [0.2, 0.25) is 5.91 Å². The van der Waals surface area contributed by atoms with Crippen molar-refractivity contribution < 1.29 is 4.79 Å². The van der Waals surface area contributed by atoms with Gasteiger partial charge in [0.1, 0.15) is 6.54 Å². The highest BCUT2D eigenvalue weighted by molar-refractivity contribution is 5.93. The molecule has 1 amide bonds. The molecule has 3 aromatic rings. The van der Waals surface area contributed by atoms with Gasteiger partial charge < -0.3 is 9.88 Å². The van der Waals surface area contributed by atoms with Gasteiger partial charge in [-0.3, -0.25) is 4.79 Å². The maximum Gasteiger partial charge on any atom is 0.244 e. The van der Waals surface area contributed by atoms with E-state index in [1.165, 1.54) is 16.5 Å². The van der Waals surface area contributed by atoms with Crippen LogP contribution >= 0.6 is 0 Å². The van der Waals surface area contributed by atoms with E-state index in [9.17, 15) is 4.79 Å². The number of nitrogens with zero attached hydrogens (tertiary/aromatic N) is 1. The molecule has 0 atom stereocenters. The number of aromatic nitrogens is 1. The third-order valence-corrected chi connectivity index (χ3v) is 4.72. The number of carbonyl (C=O) groups is 1. The third-order valence-electron chi connectivity index (χ3n) is 4.72. The molecule has 0 aliphatic heterocycles. The Kier molecular flexibility index (Phi) is 4.67. The van der Waals surface area contributed by atoms with E-state index in [2.05, 4.69) is 62.5 Å². The summed E-state index contributed by atoms with van der Waals surface area (Å²) in [6.45, 7) is 10.8. The molecule has 0 fully saturated rings. The highest BCUT2D eigenvalue weighted by Gasteiger charge is 2.11. The first-order valence-corrected chi connectivity index (χ1v) is 8.81. The molecule has 0 bridgehead atoms. The highest BCUT2D eigenvalue weighted by atomic mass is 16.1. The summed E-state index contributed by atoms with van der Waals surface area (Å²) in [5.74, 6) is 0.504. The van der Waals surface area contributed by atoms with Crippen molar-refractivity contribution in [3.05, 3.63) is 64.8 Å². The van der Waals surface area contributed by atoms with Crippen molar-refractivity contribution in [1.29, 1.82) is 0 Å². The topological polar surface area (TPSA) is 34.0 Å². The summed E-state index contributed by atoms with van der Waals surface area (Å²) in [6.07, 6.45) is 1.99. The zero-order valence-electron chi connectivity index (χ0n) is 15.7. The van der Waals surface area contributed by atoms with E-state index >= 15 is 0 Å². The molecule has 0 saturated heterocycles. The number of hydrogen-bond donors (Lipinski definition) is 1. The summed E-state index contributed by atoms with van der Waals surface area (Å²) >= 11 is 0. The lowest BCUT2D eigenvalue weighted by molar-refractivity contribution is -0.116. The Hall–Kier alpha value is -2.55. The summed E-state index contributed by atoms with van der Waals surface area (Å²) in [6, 6.07) is 12.7. The quantitative estimate of drug-likeness (QED) is 0.687. The number of benzene rings is 2. The largest absolute Gasteiger partial charge is 0.338 e. The summed E-state index contributed by atoms with van der Waals surface area (Å²) in [5.41, 5.74) is 6.76. The van der Waals surface area contributed by atoms with Gasteiger partial charge in [-0.1, -0.05) is 37.6 Å². The van der Waals surface area contributed by atoms with Gasteiger partial charge in [0.05, 0.1) is 0 Å². The lowest BCUT2D eigenvalue weighted by Gasteiger charge is -2.14. The van der Waals surface area contributed by atoms with Crippen LogP contribution in [0.2, 0.25) is 0 Å². The highest BCUT2D eigenvalue weighted by Crippen LogP contribution is 2.24. The summed E-state index contributed by atoms with van der Waals surface area (Å²) in [7, 11) is 0. The Labute approximate surface area is 149 Å². The van der Waals surface area contributed by atoms with Crippen molar-refractivity contribution in [2.45, 2.75) is 47.1 Å². The number of anilines is 1. The zero-order valence-corrected chi connectivity index (χ0v) is 15.7. The third kappa shape index (κ3) is 3.60. The average Bonchev–Trinajstić information content (AvgIpc) is 2.93. The molecule has 1 N–H and O–H groups in total. The molecule has 130 valence electrons. The Morgan fingerprint density at radius 3 is 2.36 bits per heavy atom. The van der Waals surface area contributed by atoms with Gasteiger partial charge in [-0.25, -0.2) is 0 Å². The van der Waals surface area contributed by atoms with Gasteiger partial charge >= 0.3 is 0 Å². The zero-order chi connectivity index (χ0) is 18.1. The number of aryl methyl sites for hydroxylation is 3. The van der Waals surface area contributed by atoms with Crippen LogP contribution in [0.15, 0.2) is 42.6 Å². The van der Waals surface area contributed by atoms with E-state index < -0.39 is 0 Å². The van der Waals surface area contributed by atoms with E-state index in [1.54, 1.807) is 0 Å². The molecular formula is C22H26N2O. The van der Waals surface area contributed by atoms with Crippen LogP contribution < -0.4 is 5.32 Å². The lowest BCUT2D eigenvalue weighted by Crippen LogP contribution is -2.19. The monoisotopic (exact) mass is 334 g/mol. The maximum absolute atomic E-state index is 12.6. The lowest BCUT2D eigenvalue weighted by atomic mass is 10.0. The van der Waals surface area contributed by atoms with Crippen LogP contribution in [0.1, 0.15) is 42.0 Å². The number of amides is 1. The molecule has 0 unspecified atom stereocenters. The van der Waals surface area contributed by atoms with Gasteiger partial charge in [0, 0.05) is 17.4 Å². The van der Waals surface area contributed by atoms with Gasteiger partial charge in [-0.2, -0.15) is 0 Å². The predicted octanol–water partition coefficient (Wildman–Crippen LogP) is 5.33. The van der Waals surface area contributed by atoms with Crippen molar-refractivity contribution in [1.82, 2.24) is 4.57 Å². The number of carbonyl (C=O) groups excluding carboxylic acids is 1. The fourth-order valence-electron chi connectivity index (χ4n) is 3.43. The summed E-state index contributed by atoms with van der Waals surface area (Å²) < 4.78 is 2.01. The second-order valence-corrected chi connectivity index (χ2v) is 7.24. The summed E-state index contributed by atoms with van der Waals surface area (Å²) in [5, 5.41) is 4.26. The molecule has 0 radical (unpaired) electrons. The fraction of sp³-hybridized carbons (Fsp3) is 0.318. The van der Waals surface area contributed by atoms with Crippen molar-refractivity contribution in [3.63, 3.8) is 0 Å². The minimum Gasteiger partial charge on any atom is -0.338 e. The second kappa shape index (κ2) is 6.75. The first kappa shape index (κ1) is 17.3. The van der Waals surface area contributed by atoms with E-state index in [1.807, 2.05) is 24.6 Å². The number of rotatable bonds is 4. The second-order valence-electron chi connectivity index (χ2n) is 7.24. The van der Waals surface area contributed by atoms with Crippen LogP contribution in [0, 0.1) is 20.8 Å². The van der Waals surface area contributed by atoms with Crippen molar-refractivity contribution >= 4 is 22.5 Å². The molecule has 1 heterocycles. The molecule has 0 aliphatic rings. The smallest absolute Gasteiger partial charge is 0.244 e. The van der Waals surface area contributed by atoms with E-state index in [4.69, 9.17) is 0 Å². The Morgan fingerprint density at radius 1 is 1.04 bits per heavy atom. The minimum absolute atomic E-state index is 0.000453. The van der Waals surface area contributed by atoms with Crippen LogP contribution in [0.5, 0.6) is 0 Å². The predicted molar refractivity (Wildman–Crippen MR) is 105 cm³/mol. The molecule has 0 saturated carbocycles. The average molecular weight is 334 g/mol. The molecule has 3 nitrogen and oxygen atoms in total. The minimum atomic E-state index is 0.000453. The molecule has 1 aromatic heterocycles. The van der Waals surface area contributed by atoms with E-state index in [0.717, 1.165) is 22.3 Å². The summed E-state index contributed by atoms with van der Waals surface area (Å²) in [4.78, 5) is 12.6. The molecule has 25 heavy (non-hydrogen) atoms. The van der Waals surface area contributed by atoms with E-state index in [0.29, 0.717) is 12.5 Å². The Morgan fingerprint density at radius 2 is 1.72 bits per heavy atom. The molecule has 0 spiro atoms. The van der Waals surface area contributed by atoms with Crippen LogP contribution in [-0.4, -0.2) is 10.5 Å². The first-order chi connectivity index (χ1) is 11.8. The number of hydrogen-bond acceptors (Lipinski definition) is 1.